The molecule has 0 aromatic carbocycles. The lowest BCUT2D eigenvalue weighted by molar-refractivity contribution is -0.167. The van der Waals surface area contributed by atoms with Gasteiger partial charge in [0.15, 0.2) is 6.10 Å². The molecule has 0 rings (SSSR count). The Labute approximate surface area is 380 Å². The molecule has 0 radical (unpaired) electrons. The van der Waals surface area contributed by atoms with Gasteiger partial charge in [-0.15, -0.1) is 0 Å². The fourth-order valence-electron chi connectivity index (χ4n) is 6.49. The normalized spacial score (nSPS) is 13.0. The van der Waals surface area contributed by atoms with Gasteiger partial charge in [-0.25, -0.2) is 0 Å². The zero-order valence-corrected chi connectivity index (χ0v) is 39.8. The number of hydrogen-bond acceptors (Lipinski definition) is 6. The Morgan fingerprint density at radius 2 is 0.710 bits per heavy atom. The zero-order chi connectivity index (χ0) is 45.1. The first-order chi connectivity index (χ1) is 30.5. The Bertz CT molecular complexity index is 1310. The van der Waals surface area contributed by atoms with Crippen LogP contribution in [0.5, 0.6) is 0 Å². The van der Waals surface area contributed by atoms with Gasteiger partial charge >= 0.3 is 17.9 Å². The smallest absolute Gasteiger partial charge is 0.306 e. The maximum atomic E-state index is 12.8. The van der Waals surface area contributed by atoms with E-state index in [1.165, 1.54) is 64.2 Å². The number of carbonyl (C=O) groups is 3. The molecule has 350 valence electrons. The van der Waals surface area contributed by atoms with Crippen LogP contribution >= 0.6 is 0 Å². The van der Waals surface area contributed by atoms with E-state index in [2.05, 4.69) is 69.4 Å². The second-order valence-electron chi connectivity index (χ2n) is 16.1. The predicted molar refractivity (Wildman–Crippen MR) is 265 cm³/mol. The van der Waals surface area contributed by atoms with Crippen LogP contribution in [0.3, 0.4) is 0 Å². The SMILES string of the molecule is CC\C=C/C=C\C=C/C=C\C=C\C=C/CCCCCC(=O)OCC(COC(=O)CCCCCCCCCCCCC)OC(=O)CCCCCCCC/C=C\C/C=C\C/C=C\CC. The molecular weight excluding hydrogens is 769 g/mol. The van der Waals surface area contributed by atoms with Crippen LogP contribution in [0.25, 0.3) is 0 Å². The third-order valence-electron chi connectivity index (χ3n) is 10.2. The number of ether oxygens (including phenoxy) is 3. The summed E-state index contributed by atoms with van der Waals surface area (Å²) in [6.07, 6.45) is 66.3. The van der Waals surface area contributed by atoms with Gasteiger partial charge in [-0.2, -0.15) is 0 Å². The Hall–Kier alpha value is -3.93. The first kappa shape index (κ1) is 58.1. The molecule has 0 fully saturated rings. The van der Waals surface area contributed by atoms with Gasteiger partial charge in [0.1, 0.15) is 13.2 Å². The van der Waals surface area contributed by atoms with E-state index in [0.717, 1.165) is 103 Å². The highest BCUT2D eigenvalue weighted by atomic mass is 16.6. The number of allylic oxidation sites excluding steroid dienone is 18. The van der Waals surface area contributed by atoms with Crippen LogP contribution in [-0.2, 0) is 28.6 Å². The average Bonchev–Trinajstić information content (AvgIpc) is 3.27. The van der Waals surface area contributed by atoms with Crippen molar-refractivity contribution in [1.82, 2.24) is 0 Å². The summed E-state index contributed by atoms with van der Waals surface area (Å²) in [5, 5.41) is 0. The Balaban J connectivity index is 4.51. The fourth-order valence-corrected chi connectivity index (χ4v) is 6.49. The second kappa shape index (κ2) is 49.7. The molecule has 0 aromatic heterocycles. The van der Waals surface area contributed by atoms with Crippen LogP contribution in [0.4, 0.5) is 0 Å². The quantitative estimate of drug-likeness (QED) is 0.0200. The number of hydrogen-bond donors (Lipinski definition) is 0. The number of unbranched alkanes of at least 4 members (excludes halogenated alkanes) is 19. The third-order valence-corrected chi connectivity index (χ3v) is 10.2. The second-order valence-corrected chi connectivity index (χ2v) is 16.1. The van der Waals surface area contributed by atoms with Crippen LogP contribution in [0.1, 0.15) is 207 Å². The van der Waals surface area contributed by atoms with Gasteiger partial charge in [0, 0.05) is 19.3 Å². The number of esters is 3. The highest BCUT2D eigenvalue weighted by Gasteiger charge is 2.19. The number of rotatable bonds is 43. The van der Waals surface area contributed by atoms with Crippen LogP contribution in [0.2, 0.25) is 0 Å². The molecule has 1 unspecified atom stereocenters. The molecule has 0 aromatic rings. The van der Waals surface area contributed by atoms with Crippen LogP contribution < -0.4 is 0 Å². The summed E-state index contributed by atoms with van der Waals surface area (Å²) >= 11 is 0. The maximum Gasteiger partial charge on any atom is 0.306 e. The lowest BCUT2D eigenvalue weighted by Gasteiger charge is -2.18. The first-order valence-electron chi connectivity index (χ1n) is 25.0. The highest BCUT2D eigenvalue weighted by Crippen LogP contribution is 2.14. The molecular formula is C56H90O6. The summed E-state index contributed by atoms with van der Waals surface area (Å²) in [5.74, 6) is -0.964. The fraction of sp³-hybridized carbons (Fsp3) is 0.625. The minimum Gasteiger partial charge on any atom is -0.462 e. The minimum absolute atomic E-state index is 0.0987. The van der Waals surface area contributed by atoms with Crippen LogP contribution in [-0.4, -0.2) is 37.2 Å². The van der Waals surface area contributed by atoms with Gasteiger partial charge in [0.05, 0.1) is 0 Å². The molecule has 0 aliphatic carbocycles. The van der Waals surface area contributed by atoms with E-state index >= 15 is 0 Å². The summed E-state index contributed by atoms with van der Waals surface area (Å²) in [6, 6.07) is 0. The molecule has 62 heavy (non-hydrogen) atoms. The van der Waals surface area contributed by atoms with E-state index in [4.69, 9.17) is 14.2 Å². The molecule has 1 atom stereocenters. The van der Waals surface area contributed by atoms with Crippen molar-refractivity contribution >= 4 is 17.9 Å². The summed E-state index contributed by atoms with van der Waals surface area (Å²) in [7, 11) is 0. The van der Waals surface area contributed by atoms with E-state index in [0.29, 0.717) is 19.3 Å². The molecule has 0 aliphatic rings. The minimum atomic E-state index is -0.803. The van der Waals surface area contributed by atoms with E-state index in [1.807, 2.05) is 60.8 Å². The van der Waals surface area contributed by atoms with E-state index in [1.54, 1.807) is 0 Å². The van der Waals surface area contributed by atoms with Crippen LogP contribution in [0, 0.1) is 0 Å². The Morgan fingerprint density at radius 3 is 1.19 bits per heavy atom. The van der Waals surface area contributed by atoms with Crippen molar-refractivity contribution in [3.8, 4) is 0 Å². The van der Waals surface area contributed by atoms with Gasteiger partial charge in [0.2, 0.25) is 0 Å². The summed E-state index contributed by atoms with van der Waals surface area (Å²) < 4.78 is 16.7. The van der Waals surface area contributed by atoms with Gasteiger partial charge in [0.25, 0.3) is 0 Å². The van der Waals surface area contributed by atoms with E-state index in [9.17, 15) is 14.4 Å². The molecule has 0 saturated carbocycles. The largest absolute Gasteiger partial charge is 0.462 e. The highest BCUT2D eigenvalue weighted by molar-refractivity contribution is 5.71. The van der Waals surface area contributed by atoms with E-state index in [-0.39, 0.29) is 31.1 Å². The van der Waals surface area contributed by atoms with E-state index < -0.39 is 6.10 Å². The molecule has 0 spiro atoms. The molecule has 0 heterocycles. The van der Waals surface area contributed by atoms with Crippen molar-refractivity contribution < 1.29 is 28.6 Å². The molecule has 0 aliphatic heterocycles. The Morgan fingerprint density at radius 1 is 0.355 bits per heavy atom. The van der Waals surface area contributed by atoms with Crippen molar-refractivity contribution in [2.45, 2.75) is 213 Å². The molecule has 6 nitrogen and oxygen atoms in total. The molecule has 0 bridgehead atoms. The first-order valence-corrected chi connectivity index (χ1v) is 25.0. The predicted octanol–water partition coefficient (Wildman–Crippen LogP) is 16.4. The summed E-state index contributed by atoms with van der Waals surface area (Å²) in [6.45, 7) is 6.31. The molecule has 0 saturated heterocycles. The standard InChI is InChI=1S/C56H90O6/c1-4-7-10-13-16-19-22-24-26-28-30-31-34-37-40-43-46-49-55(58)61-52-53(51-60-54(57)48-45-42-39-36-33-21-18-15-12-9-6-3)62-56(59)50-47-44-41-38-35-32-29-27-25-23-20-17-14-11-8-5-2/h7-8,10-11,13,16-17,19-20,22,24-28,30-31,34,53H,4-6,9,12,14-15,18,21,23,29,32-33,35-52H2,1-3H3/b10-7-,11-8-,16-13-,20-17-,22-19-,26-24-,27-25-,30-28+,34-31-. The van der Waals surface area contributed by atoms with Gasteiger partial charge in [-0.05, 0) is 70.6 Å². The molecule has 0 N–H and O–H groups in total. The van der Waals surface area contributed by atoms with Gasteiger partial charge in [-0.3, -0.25) is 14.4 Å². The zero-order valence-electron chi connectivity index (χ0n) is 39.8. The van der Waals surface area contributed by atoms with Crippen molar-refractivity contribution in [3.05, 3.63) is 109 Å². The monoisotopic (exact) mass is 859 g/mol. The van der Waals surface area contributed by atoms with Crippen molar-refractivity contribution in [2.24, 2.45) is 0 Å². The number of carbonyl (C=O) groups excluding carboxylic acids is 3. The molecule has 0 amide bonds. The van der Waals surface area contributed by atoms with Crippen molar-refractivity contribution in [2.75, 3.05) is 13.2 Å². The van der Waals surface area contributed by atoms with Gasteiger partial charge < -0.3 is 14.2 Å². The third kappa shape index (κ3) is 47.1. The topological polar surface area (TPSA) is 78.9 Å². The molecule has 6 heteroatoms. The van der Waals surface area contributed by atoms with Crippen LogP contribution in [0.15, 0.2) is 109 Å². The lowest BCUT2D eigenvalue weighted by Crippen LogP contribution is -2.30. The van der Waals surface area contributed by atoms with Crippen molar-refractivity contribution in [3.63, 3.8) is 0 Å². The average molecular weight is 859 g/mol. The lowest BCUT2D eigenvalue weighted by atomic mass is 10.1. The Kier molecular flexibility index (Phi) is 46.6. The summed E-state index contributed by atoms with van der Waals surface area (Å²) in [5.41, 5.74) is 0. The van der Waals surface area contributed by atoms with Crippen molar-refractivity contribution in [1.29, 1.82) is 0 Å². The maximum absolute atomic E-state index is 12.8. The summed E-state index contributed by atoms with van der Waals surface area (Å²) in [4.78, 5) is 37.9. The van der Waals surface area contributed by atoms with Gasteiger partial charge in [-0.1, -0.05) is 226 Å².